The normalized spacial score (nSPS) is 17.7. The molecule has 18 heavy (non-hydrogen) atoms. The molecule has 3 N–H and O–H groups in total. The maximum absolute atomic E-state index is 12.1. The van der Waals surface area contributed by atoms with Crippen molar-refractivity contribution >= 4 is 5.91 Å². The fourth-order valence-corrected chi connectivity index (χ4v) is 2.66. The molecule has 1 aliphatic rings. The van der Waals surface area contributed by atoms with E-state index >= 15 is 0 Å². The van der Waals surface area contributed by atoms with E-state index in [1.54, 1.807) is 0 Å². The van der Waals surface area contributed by atoms with Gasteiger partial charge in [-0.15, -0.1) is 0 Å². The molecule has 1 unspecified atom stereocenters. The van der Waals surface area contributed by atoms with Crippen molar-refractivity contribution in [2.45, 2.75) is 45.2 Å². The Hall–Kier alpha value is -1.35. The first kappa shape index (κ1) is 13.1. The van der Waals surface area contributed by atoms with E-state index in [1.165, 1.54) is 25.7 Å². The number of nitrogens with two attached hydrogens (primary N) is 1. The highest BCUT2D eigenvalue weighted by molar-refractivity contribution is 5.94. The van der Waals surface area contributed by atoms with Crippen molar-refractivity contribution in [3.63, 3.8) is 0 Å². The van der Waals surface area contributed by atoms with Crippen LogP contribution in [0.25, 0.3) is 0 Å². The van der Waals surface area contributed by atoms with Crippen molar-refractivity contribution in [1.29, 1.82) is 0 Å². The number of hydrogen-bond acceptors (Lipinski definition) is 2. The highest BCUT2D eigenvalue weighted by Crippen LogP contribution is 2.27. The highest BCUT2D eigenvalue weighted by Gasteiger charge is 2.22. The number of carbonyl (C=O) groups is 1. The monoisotopic (exact) mass is 246 g/mol. The summed E-state index contributed by atoms with van der Waals surface area (Å²) < 4.78 is 0. The van der Waals surface area contributed by atoms with E-state index in [2.05, 4.69) is 12.2 Å². The van der Waals surface area contributed by atoms with Gasteiger partial charge in [0.1, 0.15) is 0 Å². The Morgan fingerprint density at radius 2 is 1.94 bits per heavy atom. The van der Waals surface area contributed by atoms with Gasteiger partial charge in [0.05, 0.1) is 0 Å². The first-order valence-electron chi connectivity index (χ1n) is 6.80. The van der Waals surface area contributed by atoms with Gasteiger partial charge in [0.25, 0.3) is 5.91 Å². The van der Waals surface area contributed by atoms with E-state index in [0.717, 1.165) is 11.1 Å². The number of amides is 1. The van der Waals surface area contributed by atoms with E-state index in [9.17, 15) is 4.79 Å². The third kappa shape index (κ3) is 3.10. The molecule has 1 fully saturated rings. The van der Waals surface area contributed by atoms with Crippen LogP contribution in [0.3, 0.4) is 0 Å². The largest absolute Gasteiger partial charge is 0.349 e. The zero-order valence-corrected chi connectivity index (χ0v) is 11.0. The van der Waals surface area contributed by atoms with Gasteiger partial charge in [-0.2, -0.15) is 0 Å². The molecule has 0 aliphatic heterocycles. The Morgan fingerprint density at radius 3 is 2.50 bits per heavy atom. The Morgan fingerprint density at radius 1 is 1.33 bits per heavy atom. The number of nitrogens with one attached hydrogen (secondary N) is 1. The Labute approximate surface area is 109 Å². The molecule has 0 saturated heterocycles. The van der Waals surface area contributed by atoms with Crippen LogP contribution in [0.15, 0.2) is 24.3 Å². The first-order chi connectivity index (χ1) is 8.70. The lowest BCUT2D eigenvalue weighted by Gasteiger charge is -2.20. The molecule has 0 bridgehead atoms. The maximum atomic E-state index is 12.1. The summed E-state index contributed by atoms with van der Waals surface area (Å²) in [6, 6.07) is 7.79. The van der Waals surface area contributed by atoms with Gasteiger partial charge in [-0.05, 0) is 43.4 Å². The summed E-state index contributed by atoms with van der Waals surface area (Å²) in [5.74, 6) is 0.676. The quantitative estimate of drug-likeness (QED) is 0.857. The molecule has 1 atom stereocenters. The zero-order chi connectivity index (χ0) is 13.0. The molecule has 1 amide bonds. The molecule has 3 heteroatoms. The summed E-state index contributed by atoms with van der Waals surface area (Å²) in [5, 5.41) is 3.11. The Kier molecular flexibility index (Phi) is 4.37. The minimum absolute atomic E-state index is 0.0259. The van der Waals surface area contributed by atoms with Gasteiger partial charge >= 0.3 is 0 Å². The van der Waals surface area contributed by atoms with Gasteiger partial charge < -0.3 is 11.1 Å². The maximum Gasteiger partial charge on any atom is 0.251 e. The summed E-state index contributed by atoms with van der Waals surface area (Å²) >= 11 is 0. The van der Waals surface area contributed by atoms with E-state index in [1.807, 2.05) is 24.3 Å². The van der Waals surface area contributed by atoms with Crippen LogP contribution in [-0.2, 0) is 6.54 Å². The summed E-state index contributed by atoms with van der Waals surface area (Å²) in [7, 11) is 0. The lowest BCUT2D eigenvalue weighted by molar-refractivity contribution is 0.0927. The smallest absolute Gasteiger partial charge is 0.251 e. The molecular weight excluding hydrogens is 224 g/mol. The molecule has 0 radical (unpaired) electrons. The number of hydrogen-bond donors (Lipinski definition) is 2. The summed E-state index contributed by atoms with van der Waals surface area (Å²) in [6.07, 6.45) is 5.09. The van der Waals surface area contributed by atoms with Gasteiger partial charge in [-0.3, -0.25) is 4.79 Å². The van der Waals surface area contributed by atoms with Crippen LogP contribution in [0.4, 0.5) is 0 Å². The van der Waals surface area contributed by atoms with Crippen molar-refractivity contribution in [2.75, 3.05) is 0 Å². The summed E-state index contributed by atoms with van der Waals surface area (Å²) in [6.45, 7) is 2.63. The lowest BCUT2D eigenvalue weighted by Crippen LogP contribution is -2.37. The van der Waals surface area contributed by atoms with E-state index in [-0.39, 0.29) is 11.9 Å². The van der Waals surface area contributed by atoms with Crippen LogP contribution < -0.4 is 11.1 Å². The molecule has 1 saturated carbocycles. The number of benzene rings is 1. The van der Waals surface area contributed by atoms with E-state index < -0.39 is 0 Å². The van der Waals surface area contributed by atoms with Crippen molar-refractivity contribution in [2.24, 2.45) is 11.7 Å². The molecule has 2 rings (SSSR count). The van der Waals surface area contributed by atoms with E-state index in [0.29, 0.717) is 12.5 Å². The molecule has 1 aliphatic carbocycles. The van der Waals surface area contributed by atoms with Crippen molar-refractivity contribution in [3.8, 4) is 0 Å². The molecular formula is C15H22N2O. The summed E-state index contributed by atoms with van der Waals surface area (Å²) in [5.41, 5.74) is 7.31. The van der Waals surface area contributed by atoms with Gasteiger partial charge in [0.15, 0.2) is 0 Å². The van der Waals surface area contributed by atoms with Crippen LogP contribution in [0, 0.1) is 5.92 Å². The molecule has 3 nitrogen and oxygen atoms in total. The molecule has 98 valence electrons. The van der Waals surface area contributed by atoms with Crippen molar-refractivity contribution in [3.05, 3.63) is 35.4 Å². The minimum Gasteiger partial charge on any atom is -0.349 e. The van der Waals surface area contributed by atoms with Crippen molar-refractivity contribution in [1.82, 2.24) is 5.32 Å². The predicted molar refractivity (Wildman–Crippen MR) is 73.2 cm³/mol. The zero-order valence-electron chi connectivity index (χ0n) is 11.0. The van der Waals surface area contributed by atoms with Crippen molar-refractivity contribution < 1.29 is 4.79 Å². The molecule has 0 heterocycles. The SMILES string of the molecule is CC(NC(=O)c1ccc(CN)cc1)C1CCCC1. The first-order valence-corrected chi connectivity index (χ1v) is 6.80. The molecule has 0 aromatic heterocycles. The minimum atomic E-state index is 0.0259. The second kappa shape index (κ2) is 6.01. The van der Waals surface area contributed by atoms with Gasteiger partial charge in [0.2, 0.25) is 0 Å². The van der Waals surface area contributed by atoms with Crippen LogP contribution >= 0.6 is 0 Å². The topological polar surface area (TPSA) is 55.1 Å². The van der Waals surface area contributed by atoms with Gasteiger partial charge in [0, 0.05) is 18.2 Å². The van der Waals surface area contributed by atoms with Gasteiger partial charge in [-0.1, -0.05) is 25.0 Å². The third-order valence-corrected chi connectivity index (χ3v) is 3.92. The highest BCUT2D eigenvalue weighted by atomic mass is 16.1. The molecule has 1 aromatic carbocycles. The molecule has 0 spiro atoms. The van der Waals surface area contributed by atoms with E-state index in [4.69, 9.17) is 5.73 Å². The second-order valence-electron chi connectivity index (χ2n) is 5.21. The molecule has 1 aromatic rings. The Balaban J connectivity index is 1.93. The average Bonchev–Trinajstić information content (AvgIpc) is 2.92. The number of carbonyl (C=O) groups excluding carboxylic acids is 1. The standard InChI is InChI=1S/C15H22N2O/c1-11(13-4-2-3-5-13)17-15(18)14-8-6-12(10-16)7-9-14/h6-9,11,13H,2-5,10,16H2,1H3,(H,17,18). The van der Waals surface area contributed by atoms with Crippen LogP contribution in [0.1, 0.15) is 48.5 Å². The average molecular weight is 246 g/mol. The predicted octanol–water partition coefficient (Wildman–Crippen LogP) is 2.45. The fraction of sp³-hybridized carbons (Fsp3) is 0.533. The second-order valence-corrected chi connectivity index (χ2v) is 5.21. The lowest BCUT2D eigenvalue weighted by atomic mass is 9.99. The third-order valence-electron chi connectivity index (χ3n) is 3.92. The van der Waals surface area contributed by atoms with Crippen LogP contribution in [0.2, 0.25) is 0 Å². The number of rotatable bonds is 4. The Bertz CT molecular complexity index is 393. The summed E-state index contributed by atoms with van der Waals surface area (Å²) in [4.78, 5) is 12.1. The fourth-order valence-electron chi connectivity index (χ4n) is 2.66. The van der Waals surface area contributed by atoms with Crippen LogP contribution in [-0.4, -0.2) is 11.9 Å². The van der Waals surface area contributed by atoms with Crippen LogP contribution in [0.5, 0.6) is 0 Å². The van der Waals surface area contributed by atoms with Gasteiger partial charge in [-0.25, -0.2) is 0 Å².